The van der Waals surface area contributed by atoms with Crippen molar-refractivity contribution in [3.05, 3.63) is 35.4 Å². The van der Waals surface area contributed by atoms with E-state index in [0.717, 1.165) is 19.3 Å². The van der Waals surface area contributed by atoms with Crippen LogP contribution in [0.4, 0.5) is 8.78 Å². The fourth-order valence-electron chi connectivity index (χ4n) is 2.92. The Balaban J connectivity index is 2.09. The van der Waals surface area contributed by atoms with Crippen molar-refractivity contribution in [3.63, 3.8) is 0 Å². The molecule has 1 saturated carbocycles. The van der Waals surface area contributed by atoms with Gasteiger partial charge in [0.15, 0.2) is 0 Å². The molecule has 0 radical (unpaired) electrons. The molecule has 0 heterocycles. The monoisotopic (exact) mass is 254 g/mol. The van der Waals surface area contributed by atoms with Crippen molar-refractivity contribution in [2.75, 3.05) is 13.6 Å². The molecule has 2 rings (SSSR count). The smallest absolute Gasteiger partial charge is 0.130 e. The highest BCUT2D eigenvalue weighted by Gasteiger charge is 2.29. The van der Waals surface area contributed by atoms with Gasteiger partial charge in [0.25, 0.3) is 0 Å². The molecule has 0 bridgehead atoms. The van der Waals surface area contributed by atoms with Gasteiger partial charge in [0.1, 0.15) is 11.6 Å². The predicted molar refractivity (Wildman–Crippen MR) is 68.0 cm³/mol. The Bertz CT molecular complexity index is 389. The van der Waals surface area contributed by atoms with Crippen LogP contribution in [0.3, 0.4) is 0 Å². The van der Waals surface area contributed by atoms with Crippen LogP contribution in [-0.2, 0) is 6.54 Å². The molecule has 4 heteroatoms. The van der Waals surface area contributed by atoms with Crippen LogP contribution in [0.5, 0.6) is 0 Å². The molecule has 2 unspecified atom stereocenters. The Morgan fingerprint density at radius 3 is 2.56 bits per heavy atom. The van der Waals surface area contributed by atoms with Crippen LogP contribution in [0.1, 0.15) is 24.8 Å². The fraction of sp³-hybridized carbons (Fsp3) is 0.571. The largest absolute Gasteiger partial charge is 0.330 e. The Kier molecular flexibility index (Phi) is 4.30. The Hall–Kier alpha value is -1.00. The molecule has 1 aliphatic rings. The minimum atomic E-state index is -0.468. The van der Waals surface area contributed by atoms with Crippen molar-refractivity contribution in [2.24, 2.45) is 11.7 Å². The average molecular weight is 254 g/mol. The Morgan fingerprint density at radius 2 is 1.94 bits per heavy atom. The third-order valence-corrected chi connectivity index (χ3v) is 3.96. The number of hydrogen-bond acceptors (Lipinski definition) is 2. The molecule has 0 amide bonds. The number of halogens is 2. The van der Waals surface area contributed by atoms with Gasteiger partial charge >= 0.3 is 0 Å². The second kappa shape index (κ2) is 5.76. The number of nitrogens with zero attached hydrogens (tertiary/aromatic N) is 1. The van der Waals surface area contributed by atoms with Crippen LogP contribution in [0.25, 0.3) is 0 Å². The highest BCUT2D eigenvalue weighted by molar-refractivity contribution is 5.19. The summed E-state index contributed by atoms with van der Waals surface area (Å²) in [5.74, 6) is -0.488. The van der Waals surface area contributed by atoms with E-state index >= 15 is 0 Å². The maximum absolute atomic E-state index is 13.6. The lowest BCUT2D eigenvalue weighted by atomic mass is 10.0. The summed E-state index contributed by atoms with van der Waals surface area (Å²) in [5.41, 5.74) is 5.90. The van der Waals surface area contributed by atoms with Crippen molar-refractivity contribution < 1.29 is 8.78 Å². The number of benzene rings is 1. The molecule has 0 spiro atoms. The summed E-state index contributed by atoms with van der Waals surface area (Å²) in [7, 11) is 1.92. The topological polar surface area (TPSA) is 29.3 Å². The van der Waals surface area contributed by atoms with E-state index in [0.29, 0.717) is 25.0 Å². The van der Waals surface area contributed by atoms with E-state index in [2.05, 4.69) is 0 Å². The van der Waals surface area contributed by atoms with Gasteiger partial charge in [-0.1, -0.05) is 12.5 Å². The van der Waals surface area contributed by atoms with Crippen molar-refractivity contribution in [2.45, 2.75) is 31.8 Å². The molecule has 18 heavy (non-hydrogen) atoms. The summed E-state index contributed by atoms with van der Waals surface area (Å²) >= 11 is 0. The molecule has 1 aliphatic carbocycles. The molecule has 1 aromatic rings. The van der Waals surface area contributed by atoms with Gasteiger partial charge in [-0.3, -0.25) is 4.90 Å². The molecule has 2 N–H and O–H groups in total. The van der Waals surface area contributed by atoms with Gasteiger partial charge in [-0.15, -0.1) is 0 Å². The zero-order chi connectivity index (χ0) is 13.1. The van der Waals surface area contributed by atoms with Crippen LogP contribution in [0.2, 0.25) is 0 Å². The second-order valence-corrected chi connectivity index (χ2v) is 5.11. The number of rotatable bonds is 4. The van der Waals surface area contributed by atoms with E-state index in [1.807, 2.05) is 11.9 Å². The van der Waals surface area contributed by atoms with Gasteiger partial charge in [-0.25, -0.2) is 8.78 Å². The molecule has 2 nitrogen and oxygen atoms in total. The van der Waals surface area contributed by atoms with E-state index in [-0.39, 0.29) is 5.56 Å². The molecule has 0 saturated heterocycles. The summed E-state index contributed by atoms with van der Waals surface area (Å²) in [6.07, 6.45) is 3.33. The van der Waals surface area contributed by atoms with Gasteiger partial charge in [0.05, 0.1) is 0 Å². The van der Waals surface area contributed by atoms with Crippen LogP contribution >= 0.6 is 0 Å². The normalized spacial score (nSPS) is 23.8. The zero-order valence-corrected chi connectivity index (χ0v) is 10.7. The van der Waals surface area contributed by atoms with E-state index in [9.17, 15) is 8.78 Å². The molecule has 0 aliphatic heterocycles. The molecule has 2 atom stereocenters. The first kappa shape index (κ1) is 13.4. The quantitative estimate of drug-likeness (QED) is 0.894. The van der Waals surface area contributed by atoms with Crippen molar-refractivity contribution in [3.8, 4) is 0 Å². The minimum absolute atomic E-state index is 0.155. The second-order valence-electron chi connectivity index (χ2n) is 5.11. The average Bonchev–Trinajstić information content (AvgIpc) is 2.82. The number of nitrogens with two attached hydrogens (primary N) is 1. The summed E-state index contributed by atoms with van der Waals surface area (Å²) in [6.45, 7) is 0.953. The third kappa shape index (κ3) is 2.70. The maximum atomic E-state index is 13.6. The summed E-state index contributed by atoms with van der Waals surface area (Å²) < 4.78 is 27.2. The fourth-order valence-corrected chi connectivity index (χ4v) is 2.92. The van der Waals surface area contributed by atoms with Crippen molar-refractivity contribution in [1.82, 2.24) is 4.90 Å². The Morgan fingerprint density at radius 1 is 1.28 bits per heavy atom. The van der Waals surface area contributed by atoms with Gasteiger partial charge in [0.2, 0.25) is 0 Å². The summed E-state index contributed by atoms with van der Waals surface area (Å²) in [6, 6.07) is 4.35. The van der Waals surface area contributed by atoms with E-state index in [4.69, 9.17) is 5.73 Å². The summed E-state index contributed by atoms with van der Waals surface area (Å²) in [5, 5.41) is 0. The molecule has 100 valence electrons. The molecule has 0 aromatic heterocycles. The molecular formula is C14H20F2N2. The van der Waals surface area contributed by atoms with Crippen LogP contribution in [0.15, 0.2) is 18.2 Å². The predicted octanol–water partition coefficient (Wildman–Crippen LogP) is 2.52. The van der Waals surface area contributed by atoms with E-state index in [1.165, 1.54) is 18.2 Å². The van der Waals surface area contributed by atoms with Gasteiger partial charge in [-0.05, 0) is 44.5 Å². The lowest BCUT2D eigenvalue weighted by Crippen LogP contribution is -2.37. The first-order chi connectivity index (χ1) is 8.63. The lowest BCUT2D eigenvalue weighted by molar-refractivity contribution is 0.188. The third-order valence-electron chi connectivity index (χ3n) is 3.96. The molecule has 1 fully saturated rings. The van der Waals surface area contributed by atoms with E-state index < -0.39 is 11.6 Å². The van der Waals surface area contributed by atoms with Crippen LogP contribution in [0, 0.1) is 17.6 Å². The SMILES string of the molecule is CN(Cc1c(F)cccc1F)C1CCCC1CN. The highest BCUT2D eigenvalue weighted by atomic mass is 19.1. The summed E-state index contributed by atoms with van der Waals surface area (Å²) in [4.78, 5) is 2.03. The standard InChI is InChI=1S/C14H20F2N2/c1-18(14-7-2-4-10(14)8-17)9-11-12(15)5-3-6-13(11)16/h3,5-6,10,14H,2,4,7-9,17H2,1H3. The number of hydrogen-bond donors (Lipinski definition) is 1. The van der Waals surface area contributed by atoms with Gasteiger partial charge < -0.3 is 5.73 Å². The minimum Gasteiger partial charge on any atom is -0.330 e. The van der Waals surface area contributed by atoms with E-state index in [1.54, 1.807) is 0 Å². The van der Waals surface area contributed by atoms with Gasteiger partial charge in [0, 0.05) is 18.2 Å². The molecular weight excluding hydrogens is 234 g/mol. The zero-order valence-electron chi connectivity index (χ0n) is 10.7. The maximum Gasteiger partial charge on any atom is 0.130 e. The highest BCUT2D eigenvalue weighted by Crippen LogP contribution is 2.29. The van der Waals surface area contributed by atoms with Crippen molar-refractivity contribution in [1.29, 1.82) is 0 Å². The lowest BCUT2D eigenvalue weighted by Gasteiger charge is -2.29. The van der Waals surface area contributed by atoms with Crippen LogP contribution < -0.4 is 5.73 Å². The molecule has 1 aromatic carbocycles. The first-order valence-electron chi connectivity index (χ1n) is 6.46. The van der Waals surface area contributed by atoms with Crippen LogP contribution in [-0.4, -0.2) is 24.5 Å². The van der Waals surface area contributed by atoms with Crippen molar-refractivity contribution >= 4 is 0 Å². The van der Waals surface area contributed by atoms with Gasteiger partial charge in [-0.2, -0.15) is 0 Å². The first-order valence-corrected chi connectivity index (χ1v) is 6.46. The Labute approximate surface area is 107 Å².